The second-order valence-corrected chi connectivity index (χ2v) is 6.30. The Morgan fingerprint density at radius 3 is 2.61 bits per heavy atom. The number of halogens is 2. The largest absolute Gasteiger partial charge is 0.463 e. The van der Waals surface area contributed by atoms with E-state index in [-0.39, 0.29) is 40.0 Å². The molecule has 5 nitrogen and oxygen atoms in total. The monoisotopic (exact) mass is 398 g/mol. The molecule has 2 N–H and O–H groups in total. The zero-order valence-corrected chi connectivity index (χ0v) is 15.7. The van der Waals surface area contributed by atoms with Crippen molar-refractivity contribution in [2.75, 3.05) is 6.61 Å². The van der Waals surface area contributed by atoms with E-state index in [2.05, 4.69) is 0 Å². The Bertz CT molecular complexity index is 1010. The Morgan fingerprint density at radius 1 is 1.29 bits per heavy atom. The van der Waals surface area contributed by atoms with Crippen molar-refractivity contribution in [3.8, 4) is 6.07 Å². The molecule has 2 aromatic rings. The van der Waals surface area contributed by atoms with Gasteiger partial charge in [0.2, 0.25) is 5.88 Å². The Morgan fingerprint density at radius 2 is 2.00 bits per heavy atom. The number of carbonyl (C=O) groups is 1. The van der Waals surface area contributed by atoms with Gasteiger partial charge in [-0.25, -0.2) is 9.18 Å². The Labute approximate surface area is 166 Å². The standard InChI is InChI=1S/C21H16ClFN2O3/c1-2-27-21(26)18-16(17-14(22)9-6-10-15(17)23)13(11-24)20(25)28-19(18)12-7-4-3-5-8-12/h3-10,16H,2,25H2,1H3/t16-/m0/s1. The highest BCUT2D eigenvalue weighted by Gasteiger charge is 2.40. The number of carbonyl (C=O) groups excluding carboxylic acids is 1. The van der Waals surface area contributed by atoms with Crippen LogP contribution in [0.3, 0.4) is 0 Å². The second kappa shape index (κ2) is 8.15. The molecule has 1 atom stereocenters. The fourth-order valence-electron chi connectivity index (χ4n) is 3.06. The first-order valence-corrected chi connectivity index (χ1v) is 8.85. The number of hydrogen-bond donors (Lipinski definition) is 1. The number of nitrogens with two attached hydrogens (primary N) is 1. The van der Waals surface area contributed by atoms with Crippen LogP contribution in [0.1, 0.15) is 24.0 Å². The van der Waals surface area contributed by atoms with E-state index >= 15 is 0 Å². The summed E-state index contributed by atoms with van der Waals surface area (Å²) in [6.45, 7) is 1.73. The lowest BCUT2D eigenvalue weighted by atomic mass is 9.81. The van der Waals surface area contributed by atoms with Gasteiger partial charge in [-0.1, -0.05) is 48.0 Å². The third-order valence-corrected chi connectivity index (χ3v) is 4.57. The molecule has 1 aliphatic heterocycles. The van der Waals surface area contributed by atoms with Crippen LogP contribution in [0.25, 0.3) is 5.76 Å². The molecule has 0 amide bonds. The lowest BCUT2D eigenvalue weighted by Crippen LogP contribution is -2.26. The van der Waals surface area contributed by atoms with Crippen LogP contribution in [-0.2, 0) is 14.3 Å². The van der Waals surface area contributed by atoms with Crippen LogP contribution in [0, 0.1) is 17.1 Å². The molecular formula is C21H16ClFN2O3. The maximum absolute atomic E-state index is 14.8. The van der Waals surface area contributed by atoms with Crippen LogP contribution in [0.15, 0.2) is 65.6 Å². The summed E-state index contributed by atoms with van der Waals surface area (Å²) in [5.74, 6) is -2.71. The molecule has 2 aromatic carbocycles. The number of benzene rings is 2. The van der Waals surface area contributed by atoms with E-state index in [0.717, 1.165) is 0 Å². The van der Waals surface area contributed by atoms with Gasteiger partial charge in [-0.15, -0.1) is 0 Å². The summed E-state index contributed by atoms with van der Waals surface area (Å²) >= 11 is 6.25. The number of esters is 1. The van der Waals surface area contributed by atoms with E-state index in [1.54, 1.807) is 37.3 Å². The van der Waals surface area contributed by atoms with Crippen molar-refractivity contribution in [1.82, 2.24) is 0 Å². The molecule has 0 spiro atoms. The lowest BCUT2D eigenvalue weighted by Gasteiger charge is -2.28. The minimum atomic E-state index is -1.17. The van der Waals surface area contributed by atoms with Crippen LogP contribution in [-0.4, -0.2) is 12.6 Å². The van der Waals surface area contributed by atoms with Gasteiger partial charge in [-0.05, 0) is 19.1 Å². The van der Waals surface area contributed by atoms with Gasteiger partial charge in [0.25, 0.3) is 0 Å². The average Bonchev–Trinajstić information content (AvgIpc) is 2.68. The quantitative estimate of drug-likeness (QED) is 0.777. The van der Waals surface area contributed by atoms with Crippen molar-refractivity contribution in [3.63, 3.8) is 0 Å². The summed E-state index contributed by atoms with van der Waals surface area (Å²) in [5, 5.41) is 9.71. The molecule has 28 heavy (non-hydrogen) atoms. The predicted molar refractivity (Wildman–Crippen MR) is 102 cm³/mol. The highest BCUT2D eigenvalue weighted by molar-refractivity contribution is 6.31. The summed E-state index contributed by atoms with van der Waals surface area (Å²) in [7, 11) is 0. The van der Waals surface area contributed by atoms with Crippen LogP contribution >= 0.6 is 11.6 Å². The third-order valence-electron chi connectivity index (χ3n) is 4.24. The number of ether oxygens (including phenoxy) is 2. The second-order valence-electron chi connectivity index (χ2n) is 5.89. The molecule has 0 radical (unpaired) electrons. The van der Waals surface area contributed by atoms with Crippen molar-refractivity contribution in [2.24, 2.45) is 5.73 Å². The third kappa shape index (κ3) is 3.45. The minimum absolute atomic E-state index is 0.0363. The van der Waals surface area contributed by atoms with Crippen LogP contribution in [0.4, 0.5) is 4.39 Å². The Kier molecular flexibility index (Phi) is 5.67. The molecule has 0 fully saturated rings. The molecule has 0 aliphatic carbocycles. The Hall–Kier alpha value is -3.30. The van der Waals surface area contributed by atoms with E-state index in [1.165, 1.54) is 18.2 Å². The van der Waals surface area contributed by atoms with Gasteiger partial charge in [0.05, 0.1) is 18.1 Å². The number of nitriles is 1. The summed E-state index contributed by atoms with van der Waals surface area (Å²) < 4.78 is 25.6. The van der Waals surface area contributed by atoms with Gasteiger partial charge in [-0.2, -0.15) is 5.26 Å². The van der Waals surface area contributed by atoms with Gasteiger partial charge in [0.15, 0.2) is 0 Å². The SMILES string of the molecule is CCOC(=O)C1=C(c2ccccc2)OC(N)=C(C#N)[C@H]1c1c(F)cccc1Cl. The highest BCUT2D eigenvalue weighted by atomic mass is 35.5. The first-order valence-electron chi connectivity index (χ1n) is 8.47. The number of rotatable bonds is 4. The number of allylic oxidation sites excluding steroid dienone is 1. The summed E-state index contributed by atoms with van der Waals surface area (Å²) in [6, 6.07) is 14.7. The lowest BCUT2D eigenvalue weighted by molar-refractivity contribution is -0.138. The van der Waals surface area contributed by atoms with Crippen molar-refractivity contribution >= 4 is 23.3 Å². The van der Waals surface area contributed by atoms with Crippen molar-refractivity contribution in [2.45, 2.75) is 12.8 Å². The van der Waals surface area contributed by atoms with Crippen molar-refractivity contribution in [1.29, 1.82) is 5.26 Å². The van der Waals surface area contributed by atoms with E-state index in [9.17, 15) is 14.4 Å². The van der Waals surface area contributed by atoms with Gasteiger partial charge in [-0.3, -0.25) is 0 Å². The molecule has 0 saturated heterocycles. The van der Waals surface area contributed by atoms with E-state index in [4.69, 9.17) is 26.8 Å². The molecule has 1 aliphatic rings. The number of nitrogens with zero attached hydrogens (tertiary/aromatic N) is 1. The molecular weight excluding hydrogens is 383 g/mol. The van der Waals surface area contributed by atoms with E-state index in [1.807, 2.05) is 6.07 Å². The van der Waals surface area contributed by atoms with Crippen molar-refractivity contribution in [3.05, 3.63) is 87.5 Å². The average molecular weight is 399 g/mol. The predicted octanol–water partition coefficient (Wildman–Crippen LogP) is 4.26. The maximum Gasteiger partial charge on any atom is 0.338 e. The van der Waals surface area contributed by atoms with Crippen LogP contribution in [0.5, 0.6) is 0 Å². The van der Waals surface area contributed by atoms with Gasteiger partial charge in [0.1, 0.15) is 23.2 Å². The summed E-state index contributed by atoms with van der Waals surface area (Å²) in [5.41, 5.74) is 6.30. The molecule has 1 heterocycles. The van der Waals surface area contributed by atoms with E-state index in [0.29, 0.717) is 5.56 Å². The number of hydrogen-bond acceptors (Lipinski definition) is 5. The first-order chi connectivity index (χ1) is 13.5. The molecule has 0 aromatic heterocycles. The van der Waals surface area contributed by atoms with Crippen LogP contribution < -0.4 is 5.73 Å². The zero-order valence-electron chi connectivity index (χ0n) is 14.9. The molecule has 0 unspecified atom stereocenters. The maximum atomic E-state index is 14.8. The normalized spacial score (nSPS) is 16.4. The van der Waals surface area contributed by atoms with Crippen molar-refractivity contribution < 1.29 is 18.7 Å². The van der Waals surface area contributed by atoms with Crippen LogP contribution in [0.2, 0.25) is 5.02 Å². The fraction of sp³-hybridized carbons (Fsp3) is 0.143. The smallest absolute Gasteiger partial charge is 0.338 e. The molecule has 3 rings (SSSR count). The summed E-state index contributed by atoms with van der Waals surface area (Å²) in [6.07, 6.45) is 0. The Balaban J connectivity index is 2.35. The minimum Gasteiger partial charge on any atom is -0.463 e. The zero-order chi connectivity index (χ0) is 20.3. The molecule has 0 saturated carbocycles. The molecule has 0 bridgehead atoms. The molecule has 7 heteroatoms. The fourth-order valence-corrected chi connectivity index (χ4v) is 3.33. The first kappa shape index (κ1) is 19.5. The van der Waals surface area contributed by atoms with Gasteiger partial charge < -0.3 is 15.2 Å². The van der Waals surface area contributed by atoms with Gasteiger partial charge in [0, 0.05) is 16.1 Å². The summed E-state index contributed by atoms with van der Waals surface area (Å²) in [4.78, 5) is 12.9. The molecule has 142 valence electrons. The van der Waals surface area contributed by atoms with Gasteiger partial charge >= 0.3 is 5.97 Å². The highest BCUT2D eigenvalue weighted by Crippen LogP contribution is 2.45. The van der Waals surface area contributed by atoms with E-state index < -0.39 is 17.7 Å². The topological polar surface area (TPSA) is 85.3 Å².